The van der Waals surface area contributed by atoms with Gasteiger partial charge in [0.25, 0.3) is 5.91 Å². The number of benzene rings is 3. The summed E-state index contributed by atoms with van der Waals surface area (Å²) in [6, 6.07) is 20.6. The highest BCUT2D eigenvalue weighted by molar-refractivity contribution is 6.36. The van der Waals surface area contributed by atoms with E-state index in [0.717, 1.165) is 5.69 Å². The Kier molecular flexibility index (Phi) is 4.99. The lowest BCUT2D eigenvalue weighted by Crippen LogP contribution is -2.04. The summed E-state index contributed by atoms with van der Waals surface area (Å²) in [6.07, 6.45) is 1.73. The molecule has 0 saturated heterocycles. The van der Waals surface area contributed by atoms with E-state index in [9.17, 15) is 9.18 Å². The third-order valence-corrected chi connectivity index (χ3v) is 5.36. The van der Waals surface area contributed by atoms with Crippen LogP contribution in [0.1, 0.15) is 16.8 Å². The van der Waals surface area contributed by atoms with Crippen molar-refractivity contribution >= 4 is 34.8 Å². The van der Waals surface area contributed by atoms with Crippen LogP contribution in [0.4, 0.5) is 10.1 Å². The minimum atomic E-state index is -0.413. The number of carbonyl (C=O) groups excluding carboxylic acids is 1. The first-order valence-corrected chi connectivity index (χ1v) is 10.3. The number of rotatable bonds is 4. The van der Waals surface area contributed by atoms with Crippen molar-refractivity contribution in [1.29, 1.82) is 0 Å². The van der Waals surface area contributed by atoms with Crippen LogP contribution in [-0.2, 0) is 4.79 Å². The summed E-state index contributed by atoms with van der Waals surface area (Å²) in [5.74, 6) is 0.0330. The van der Waals surface area contributed by atoms with Crippen molar-refractivity contribution in [3.63, 3.8) is 0 Å². The molecule has 5 rings (SSSR count). The van der Waals surface area contributed by atoms with E-state index in [4.69, 9.17) is 16.3 Å². The molecule has 0 unspecified atom stereocenters. The Bertz CT molecular complexity index is 1380. The molecule has 0 spiro atoms. The van der Waals surface area contributed by atoms with Crippen LogP contribution in [0.3, 0.4) is 0 Å². The summed E-state index contributed by atoms with van der Waals surface area (Å²) in [5, 5.41) is 8.01. The number of ether oxygens (including phenoxy) is 1. The average Bonchev–Trinajstić information content (AvgIpc) is 3.25. The second-order valence-corrected chi connectivity index (χ2v) is 7.75. The molecular formula is C25H17ClFN3O2. The number of nitrogens with one attached hydrogen (secondary N) is 1. The predicted octanol–water partition coefficient (Wildman–Crippen LogP) is 6.26. The highest BCUT2D eigenvalue weighted by atomic mass is 35.5. The van der Waals surface area contributed by atoms with Gasteiger partial charge in [0.2, 0.25) is 5.88 Å². The van der Waals surface area contributed by atoms with Crippen LogP contribution in [-0.4, -0.2) is 15.7 Å². The molecule has 1 N–H and O–H groups in total. The van der Waals surface area contributed by atoms with Crippen molar-refractivity contribution in [2.45, 2.75) is 6.92 Å². The normalized spacial score (nSPS) is 13.8. The van der Waals surface area contributed by atoms with Crippen molar-refractivity contribution in [2.75, 3.05) is 5.32 Å². The zero-order chi connectivity index (χ0) is 22.2. The fourth-order valence-electron chi connectivity index (χ4n) is 3.62. The lowest BCUT2D eigenvalue weighted by Gasteiger charge is -2.10. The number of halogens is 2. The molecule has 0 fully saturated rings. The maximum atomic E-state index is 13.8. The van der Waals surface area contributed by atoms with Crippen LogP contribution in [0.5, 0.6) is 11.6 Å². The van der Waals surface area contributed by atoms with Crippen LogP contribution in [0.2, 0.25) is 5.02 Å². The highest BCUT2D eigenvalue weighted by Crippen LogP contribution is 2.38. The predicted molar refractivity (Wildman–Crippen MR) is 123 cm³/mol. The molecule has 7 heteroatoms. The van der Waals surface area contributed by atoms with Gasteiger partial charge in [-0.25, -0.2) is 4.39 Å². The first-order chi connectivity index (χ1) is 15.5. The van der Waals surface area contributed by atoms with Crippen molar-refractivity contribution < 1.29 is 13.9 Å². The van der Waals surface area contributed by atoms with E-state index in [1.165, 1.54) is 12.1 Å². The maximum Gasteiger partial charge on any atom is 0.256 e. The summed E-state index contributed by atoms with van der Waals surface area (Å²) < 4.78 is 21.6. The van der Waals surface area contributed by atoms with Crippen LogP contribution in [0, 0.1) is 12.7 Å². The van der Waals surface area contributed by atoms with Gasteiger partial charge in [-0.15, -0.1) is 0 Å². The largest absolute Gasteiger partial charge is 0.438 e. The molecule has 158 valence electrons. The van der Waals surface area contributed by atoms with Gasteiger partial charge < -0.3 is 10.1 Å². The molecule has 2 heterocycles. The molecule has 0 radical (unpaired) electrons. The smallest absolute Gasteiger partial charge is 0.256 e. The van der Waals surface area contributed by atoms with Crippen molar-refractivity contribution in [3.05, 3.63) is 100 Å². The number of hydrogen-bond acceptors (Lipinski definition) is 3. The van der Waals surface area contributed by atoms with E-state index in [0.29, 0.717) is 44.7 Å². The minimum Gasteiger partial charge on any atom is -0.438 e. The standard InChI is InChI=1S/C25H17ClFN3O2/c1-15-20(14-22-21-12-16(26)10-11-23(21)28-24(22)31)25(32-19-9-5-6-17(27)13-19)30(29-15)18-7-3-2-4-8-18/h2-14H,1H3,(H,28,31)/b22-14-. The Balaban J connectivity index is 1.69. The number of hydrogen-bond donors (Lipinski definition) is 1. The number of amides is 1. The lowest BCUT2D eigenvalue weighted by molar-refractivity contribution is -0.110. The molecule has 1 aliphatic rings. The zero-order valence-corrected chi connectivity index (χ0v) is 17.7. The molecule has 0 saturated carbocycles. The minimum absolute atomic E-state index is 0.245. The molecule has 0 bridgehead atoms. The third kappa shape index (κ3) is 3.65. The molecule has 5 nitrogen and oxygen atoms in total. The maximum absolute atomic E-state index is 13.8. The molecule has 0 atom stereocenters. The monoisotopic (exact) mass is 445 g/mol. The van der Waals surface area contributed by atoms with Crippen molar-refractivity contribution in [1.82, 2.24) is 9.78 Å². The van der Waals surface area contributed by atoms with E-state index in [1.54, 1.807) is 41.1 Å². The van der Waals surface area contributed by atoms with Gasteiger partial charge in [-0.3, -0.25) is 4.79 Å². The molecule has 32 heavy (non-hydrogen) atoms. The van der Waals surface area contributed by atoms with Gasteiger partial charge in [0.05, 0.1) is 16.9 Å². The van der Waals surface area contributed by atoms with Crippen LogP contribution < -0.4 is 10.1 Å². The van der Waals surface area contributed by atoms with E-state index >= 15 is 0 Å². The average molecular weight is 446 g/mol. The SMILES string of the molecule is Cc1nn(-c2ccccc2)c(Oc2cccc(F)c2)c1/C=C1\C(=O)Nc2ccc(Cl)cc21. The molecule has 1 amide bonds. The van der Waals surface area contributed by atoms with Crippen LogP contribution >= 0.6 is 11.6 Å². The highest BCUT2D eigenvalue weighted by Gasteiger charge is 2.27. The van der Waals surface area contributed by atoms with Gasteiger partial charge in [-0.05, 0) is 55.5 Å². The number of aromatic nitrogens is 2. The van der Waals surface area contributed by atoms with Crippen molar-refractivity contribution in [2.24, 2.45) is 0 Å². The molecule has 1 aliphatic heterocycles. The quantitative estimate of drug-likeness (QED) is 0.377. The van der Waals surface area contributed by atoms with Gasteiger partial charge in [0, 0.05) is 27.9 Å². The number of anilines is 1. The van der Waals surface area contributed by atoms with Crippen LogP contribution in [0.15, 0.2) is 72.8 Å². The Morgan fingerprint density at radius 2 is 1.88 bits per heavy atom. The number of fused-ring (bicyclic) bond motifs is 1. The molecule has 3 aromatic carbocycles. The van der Waals surface area contributed by atoms with E-state index in [2.05, 4.69) is 10.4 Å². The molecule has 1 aromatic heterocycles. The second kappa shape index (κ2) is 7.98. The van der Waals surface area contributed by atoms with E-state index < -0.39 is 5.82 Å². The number of para-hydroxylation sites is 1. The summed E-state index contributed by atoms with van der Waals surface area (Å²) in [5.41, 5.74) is 3.86. The second-order valence-electron chi connectivity index (χ2n) is 7.31. The molecular weight excluding hydrogens is 429 g/mol. The topological polar surface area (TPSA) is 56.2 Å². The van der Waals surface area contributed by atoms with Gasteiger partial charge >= 0.3 is 0 Å². The Morgan fingerprint density at radius 3 is 2.66 bits per heavy atom. The first-order valence-electron chi connectivity index (χ1n) is 9.91. The number of aryl methyl sites for hydroxylation is 1. The van der Waals surface area contributed by atoms with Crippen LogP contribution in [0.25, 0.3) is 17.3 Å². The molecule has 4 aromatic rings. The number of nitrogens with zero attached hydrogens (tertiary/aromatic N) is 2. The Morgan fingerprint density at radius 1 is 1.06 bits per heavy atom. The fraction of sp³-hybridized carbons (Fsp3) is 0.0400. The van der Waals surface area contributed by atoms with Gasteiger partial charge in [0.1, 0.15) is 11.6 Å². The number of carbonyl (C=O) groups is 1. The lowest BCUT2D eigenvalue weighted by atomic mass is 10.0. The fourth-order valence-corrected chi connectivity index (χ4v) is 3.79. The van der Waals surface area contributed by atoms with Gasteiger partial charge in [-0.1, -0.05) is 35.9 Å². The summed E-state index contributed by atoms with van der Waals surface area (Å²) in [7, 11) is 0. The summed E-state index contributed by atoms with van der Waals surface area (Å²) in [4.78, 5) is 12.7. The van der Waals surface area contributed by atoms with E-state index in [-0.39, 0.29) is 5.91 Å². The van der Waals surface area contributed by atoms with Gasteiger partial charge in [-0.2, -0.15) is 9.78 Å². The summed E-state index contributed by atoms with van der Waals surface area (Å²) in [6.45, 7) is 1.83. The first kappa shape index (κ1) is 20.0. The molecule has 0 aliphatic carbocycles. The zero-order valence-electron chi connectivity index (χ0n) is 17.0. The third-order valence-electron chi connectivity index (χ3n) is 5.13. The van der Waals surface area contributed by atoms with Crippen molar-refractivity contribution in [3.8, 4) is 17.3 Å². The van der Waals surface area contributed by atoms with Gasteiger partial charge in [0.15, 0.2) is 0 Å². The Labute approximate surface area is 188 Å². The summed E-state index contributed by atoms with van der Waals surface area (Å²) >= 11 is 6.17. The Hall–Kier alpha value is -3.90. The van der Waals surface area contributed by atoms with E-state index in [1.807, 2.05) is 37.3 Å².